The fourth-order valence-corrected chi connectivity index (χ4v) is 8.42. The van der Waals surface area contributed by atoms with Crippen molar-refractivity contribution in [1.82, 2.24) is 0 Å². The molecule has 0 N–H and O–H groups in total. The average Bonchev–Trinajstić information content (AvgIpc) is 3.57. The Labute approximate surface area is 265 Å². The minimum absolute atomic E-state index is 0.00566. The molecule has 10 heteroatoms. The molecule has 2 heterocycles. The van der Waals surface area contributed by atoms with E-state index < -0.39 is 22.9 Å². The number of benzene rings is 2. The van der Waals surface area contributed by atoms with E-state index in [2.05, 4.69) is 92.0 Å². The Bertz CT molecular complexity index is 1350. The van der Waals surface area contributed by atoms with Gasteiger partial charge in [0.25, 0.3) is 8.32 Å². The third-order valence-corrected chi connectivity index (χ3v) is 19.5. The van der Waals surface area contributed by atoms with Crippen LogP contribution in [0.2, 0.25) is 36.3 Å². The topological polar surface area (TPSA) is 73.8 Å². The van der Waals surface area contributed by atoms with E-state index in [0.29, 0.717) is 23.9 Å². The molecular weight excluding hydrogens is 593 g/mol. The van der Waals surface area contributed by atoms with Gasteiger partial charge in [-0.3, -0.25) is 0 Å². The standard InChI is InChI=1S/C34H52O8Si2/c1-33(2,3)43(10,11)41-30-22-17-25-24(39-19-40-25)16-21(22)28(29-23(30)18-38-32(29)37-9)20-14-26(35-7)31(27(15-20)36-8)42-44(12,13)34(4,5)6/h14-17,23,28-30,32H,18-19H2,1-13H3/t23-,28+,29-,30+,32+/m0/s1. The lowest BCUT2D eigenvalue weighted by Crippen LogP contribution is -2.46. The van der Waals surface area contributed by atoms with E-state index in [1.807, 2.05) is 0 Å². The minimum atomic E-state index is -2.20. The van der Waals surface area contributed by atoms with Gasteiger partial charge in [-0.1, -0.05) is 41.5 Å². The molecule has 1 aliphatic carbocycles. The summed E-state index contributed by atoms with van der Waals surface area (Å²) in [6.45, 7) is 23.3. The van der Waals surface area contributed by atoms with Crippen molar-refractivity contribution in [3.05, 3.63) is 41.0 Å². The second-order valence-corrected chi connectivity index (χ2v) is 24.9. The molecule has 44 heavy (non-hydrogen) atoms. The molecule has 1 saturated heterocycles. The first-order chi connectivity index (χ1) is 20.4. The fraction of sp³-hybridized carbons (Fsp3) is 0.647. The predicted molar refractivity (Wildman–Crippen MR) is 177 cm³/mol. The van der Waals surface area contributed by atoms with Crippen molar-refractivity contribution in [3.63, 3.8) is 0 Å². The van der Waals surface area contributed by atoms with Gasteiger partial charge in [-0.2, -0.15) is 0 Å². The molecular formula is C34H52O8Si2. The zero-order chi connectivity index (χ0) is 32.4. The molecule has 0 radical (unpaired) electrons. The zero-order valence-electron chi connectivity index (χ0n) is 28.9. The molecule has 2 aromatic carbocycles. The first-order valence-corrected chi connectivity index (χ1v) is 21.5. The molecule has 3 aliphatic rings. The molecule has 2 aliphatic heterocycles. The van der Waals surface area contributed by atoms with Crippen molar-refractivity contribution < 1.29 is 37.3 Å². The SMILES string of the molecule is COc1cc([C@@H]2c3cc4c(cc3[C@@H](O[Si](C)(C)C(C)(C)C)[C@H]3CO[C@@H](OC)[C@H]23)OCO4)cc(OC)c1O[Si](C)(C)C(C)(C)C. The smallest absolute Gasteiger partial charge is 0.250 e. The number of methoxy groups -OCH3 is 3. The number of ether oxygens (including phenoxy) is 6. The molecule has 5 atom stereocenters. The van der Waals surface area contributed by atoms with E-state index in [4.69, 9.17) is 37.3 Å². The Morgan fingerprint density at radius 1 is 0.750 bits per heavy atom. The van der Waals surface area contributed by atoms with Gasteiger partial charge >= 0.3 is 0 Å². The van der Waals surface area contributed by atoms with Gasteiger partial charge in [0.05, 0.1) is 26.9 Å². The summed E-state index contributed by atoms with van der Waals surface area (Å²) in [6.07, 6.45) is -0.582. The summed E-state index contributed by atoms with van der Waals surface area (Å²) >= 11 is 0. The Kier molecular flexibility index (Phi) is 8.68. The predicted octanol–water partition coefficient (Wildman–Crippen LogP) is 8.26. The van der Waals surface area contributed by atoms with Gasteiger partial charge in [0.15, 0.2) is 43.4 Å². The van der Waals surface area contributed by atoms with E-state index in [0.717, 1.165) is 28.2 Å². The highest BCUT2D eigenvalue weighted by atomic mass is 28.4. The summed E-state index contributed by atoms with van der Waals surface area (Å²) in [5, 5.41) is 0.0440. The fourth-order valence-electron chi connectivity index (χ4n) is 6.11. The van der Waals surface area contributed by atoms with Crippen LogP contribution in [0.15, 0.2) is 24.3 Å². The molecule has 2 aromatic rings. The van der Waals surface area contributed by atoms with Crippen LogP contribution in [0, 0.1) is 11.8 Å². The molecule has 8 nitrogen and oxygen atoms in total. The molecule has 0 aromatic heterocycles. The van der Waals surface area contributed by atoms with Crippen LogP contribution in [0.3, 0.4) is 0 Å². The number of hydrogen-bond acceptors (Lipinski definition) is 8. The Hall–Kier alpha value is -2.25. The van der Waals surface area contributed by atoms with E-state index in [-0.39, 0.29) is 40.7 Å². The van der Waals surface area contributed by atoms with Gasteiger partial charge in [0.1, 0.15) is 0 Å². The van der Waals surface area contributed by atoms with Crippen molar-refractivity contribution in [2.24, 2.45) is 11.8 Å². The highest BCUT2D eigenvalue weighted by Crippen LogP contribution is 2.59. The van der Waals surface area contributed by atoms with Gasteiger partial charge in [-0.25, -0.2) is 0 Å². The maximum atomic E-state index is 7.26. The summed E-state index contributed by atoms with van der Waals surface area (Å²) in [4.78, 5) is 0. The van der Waals surface area contributed by atoms with Crippen molar-refractivity contribution >= 4 is 16.6 Å². The van der Waals surface area contributed by atoms with E-state index in [1.54, 1.807) is 21.3 Å². The number of hydrogen-bond donors (Lipinski definition) is 0. The van der Waals surface area contributed by atoms with Crippen LogP contribution in [-0.2, 0) is 13.9 Å². The van der Waals surface area contributed by atoms with Crippen LogP contribution in [-0.4, -0.2) is 57.7 Å². The van der Waals surface area contributed by atoms with Crippen LogP contribution < -0.4 is 23.4 Å². The minimum Gasteiger partial charge on any atom is -0.539 e. The van der Waals surface area contributed by atoms with Crippen LogP contribution in [0.1, 0.15) is 70.3 Å². The second kappa shape index (κ2) is 11.5. The molecule has 0 spiro atoms. The molecule has 5 rings (SSSR count). The molecule has 0 saturated carbocycles. The third-order valence-electron chi connectivity index (χ3n) is 10.7. The Morgan fingerprint density at radius 2 is 1.30 bits per heavy atom. The second-order valence-electron chi connectivity index (χ2n) is 15.4. The summed E-state index contributed by atoms with van der Waals surface area (Å²) in [7, 11) is 0.724. The maximum absolute atomic E-state index is 7.26. The lowest BCUT2D eigenvalue weighted by Gasteiger charge is -2.47. The molecule has 1 fully saturated rings. The van der Waals surface area contributed by atoms with Crippen LogP contribution in [0.4, 0.5) is 0 Å². The summed E-state index contributed by atoms with van der Waals surface area (Å²) in [6, 6.07) is 8.45. The molecule has 244 valence electrons. The van der Waals surface area contributed by atoms with Gasteiger partial charge < -0.3 is 37.3 Å². The third kappa shape index (κ3) is 5.65. The summed E-state index contributed by atoms with van der Waals surface area (Å²) in [5.74, 6) is 3.36. The van der Waals surface area contributed by atoms with Gasteiger partial charge in [0, 0.05) is 24.9 Å². The Morgan fingerprint density at radius 3 is 1.80 bits per heavy atom. The van der Waals surface area contributed by atoms with Crippen molar-refractivity contribution in [3.8, 4) is 28.7 Å². The zero-order valence-corrected chi connectivity index (χ0v) is 30.9. The quantitative estimate of drug-likeness (QED) is 0.266. The monoisotopic (exact) mass is 644 g/mol. The first-order valence-electron chi connectivity index (χ1n) is 15.6. The normalized spacial score (nSPS) is 25.0. The number of fused-ring (bicyclic) bond motifs is 3. The lowest BCUT2D eigenvalue weighted by atomic mass is 9.66. The number of rotatable bonds is 8. The van der Waals surface area contributed by atoms with Crippen LogP contribution >= 0.6 is 0 Å². The summed E-state index contributed by atoms with van der Waals surface area (Å²) in [5.41, 5.74) is 3.27. The first kappa shape index (κ1) is 33.1. The molecule has 0 unspecified atom stereocenters. The average molecular weight is 645 g/mol. The summed E-state index contributed by atoms with van der Waals surface area (Å²) < 4.78 is 50.3. The van der Waals surface area contributed by atoms with Gasteiger partial charge in [0.2, 0.25) is 6.79 Å². The maximum Gasteiger partial charge on any atom is 0.250 e. The Balaban J connectivity index is 1.71. The van der Waals surface area contributed by atoms with Crippen molar-refractivity contribution in [2.75, 3.05) is 34.7 Å². The van der Waals surface area contributed by atoms with E-state index in [9.17, 15) is 0 Å². The van der Waals surface area contributed by atoms with Gasteiger partial charge in [-0.05, 0) is 77.2 Å². The van der Waals surface area contributed by atoms with Crippen LogP contribution in [0.25, 0.3) is 0 Å². The highest BCUT2D eigenvalue weighted by molar-refractivity contribution is 6.75. The largest absolute Gasteiger partial charge is 0.539 e. The molecule has 0 amide bonds. The lowest BCUT2D eigenvalue weighted by molar-refractivity contribution is -0.113. The van der Waals surface area contributed by atoms with Crippen molar-refractivity contribution in [2.45, 2.75) is 96.1 Å². The van der Waals surface area contributed by atoms with E-state index >= 15 is 0 Å². The van der Waals surface area contributed by atoms with E-state index in [1.165, 1.54) is 0 Å². The molecule has 0 bridgehead atoms. The van der Waals surface area contributed by atoms with Crippen molar-refractivity contribution in [1.29, 1.82) is 0 Å². The van der Waals surface area contributed by atoms with Crippen LogP contribution in [0.5, 0.6) is 28.7 Å². The highest BCUT2D eigenvalue weighted by Gasteiger charge is 2.55. The van der Waals surface area contributed by atoms with Gasteiger partial charge in [-0.15, -0.1) is 0 Å².